The molecule has 0 saturated carbocycles. The van der Waals surface area contributed by atoms with Gasteiger partial charge in [-0.1, -0.05) is 0 Å². The number of para-hydroxylation sites is 4. The molecule has 0 unspecified atom stereocenters. The van der Waals surface area contributed by atoms with Crippen LogP contribution in [0.15, 0.2) is 109 Å². The van der Waals surface area contributed by atoms with Gasteiger partial charge in [0, 0.05) is 0 Å². The summed E-state index contributed by atoms with van der Waals surface area (Å²) in [4.78, 5) is 10.7. The second kappa shape index (κ2) is 8.24. The van der Waals surface area contributed by atoms with Gasteiger partial charge in [0.05, 0.1) is 0 Å². The normalized spacial score (nSPS) is 14.9. The number of hydrogen-bond donors (Lipinski definition) is 0. The molecule has 2 aliphatic heterocycles. The third-order valence-corrected chi connectivity index (χ3v) is 17.9. The van der Waals surface area contributed by atoms with E-state index < -0.39 is 14.2 Å². The van der Waals surface area contributed by atoms with E-state index >= 15 is 0 Å². The third-order valence-electron chi connectivity index (χ3n) is 8.78. The van der Waals surface area contributed by atoms with Gasteiger partial charge in [-0.2, -0.15) is 0 Å². The number of imidazole rings is 2. The van der Waals surface area contributed by atoms with E-state index in [1.165, 1.54) is 44.6 Å². The van der Waals surface area contributed by atoms with Gasteiger partial charge in [0.2, 0.25) is 0 Å². The molecule has 2 aliphatic rings. The van der Waals surface area contributed by atoms with Gasteiger partial charge in [0.1, 0.15) is 0 Å². The first-order valence-electron chi connectivity index (χ1n) is 14.4. The molecule has 198 valence electrons. The molecule has 4 heterocycles. The van der Waals surface area contributed by atoms with E-state index in [0.717, 1.165) is 35.5 Å². The summed E-state index contributed by atoms with van der Waals surface area (Å²) in [5, 5.41) is 2.51. The van der Waals surface area contributed by atoms with E-state index in [4.69, 9.17) is 9.97 Å². The molecular formula is C34H28GeN6. The summed E-state index contributed by atoms with van der Waals surface area (Å²) in [5.41, 5.74) is 9.45. The van der Waals surface area contributed by atoms with Gasteiger partial charge < -0.3 is 0 Å². The maximum atomic E-state index is 5.35. The van der Waals surface area contributed by atoms with E-state index in [0.29, 0.717) is 0 Å². The molecule has 5 aromatic carbocycles. The van der Waals surface area contributed by atoms with Crippen molar-refractivity contribution in [3.63, 3.8) is 0 Å². The Balaban J connectivity index is 1.59. The zero-order valence-electron chi connectivity index (χ0n) is 23.0. The number of anilines is 4. The van der Waals surface area contributed by atoms with Crippen LogP contribution in [0.4, 0.5) is 22.7 Å². The summed E-state index contributed by atoms with van der Waals surface area (Å²) in [6.45, 7) is 4.48. The summed E-state index contributed by atoms with van der Waals surface area (Å²) < 4.78 is 10.8. The Morgan fingerprint density at radius 3 is 1.41 bits per heavy atom. The SMILES string of the molecule is CCc1nc2ccc3ccc4nc(CC)[n]5c4c3c2[n]1[Ge]51[N](c2ccccc2)c2ccccc2[N]1c1ccccc1. The Morgan fingerprint density at radius 2 is 0.976 bits per heavy atom. The van der Waals surface area contributed by atoms with Crippen molar-refractivity contribution < 1.29 is 0 Å². The predicted octanol–water partition coefficient (Wildman–Crippen LogP) is 7.80. The Kier molecular flexibility index (Phi) is 4.66. The summed E-state index contributed by atoms with van der Waals surface area (Å²) >= 11 is -4.07. The number of nitrogens with zero attached hydrogens (tertiary/aromatic N) is 6. The second-order valence-corrected chi connectivity index (χ2v) is 17.1. The average molecular weight is 593 g/mol. The number of fused-ring (bicyclic) bond motifs is 3. The van der Waals surface area contributed by atoms with Gasteiger partial charge >= 0.3 is 242 Å². The molecule has 0 fully saturated rings. The average Bonchev–Trinajstić information content (AvgIpc) is 3.70. The number of benzene rings is 5. The molecule has 41 heavy (non-hydrogen) atoms. The minimum absolute atomic E-state index is 0.840. The van der Waals surface area contributed by atoms with E-state index in [1.807, 2.05) is 0 Å². The molecule has 0 radical (unpaired) electrons. The Morgan fingerprint density at radius 1 is 0.537 bits per heavy atom. The summed E-state index contributed by atoms with van der Waals surface area (Å²) in [6.07, 6.45) is 1.68. The first kappa shape index (κ1) is 23.2. The van der Waals surface area contributed by atoms with E-state index in [9.17, 15) is 0 Å². The summed E-state index contributed by atoms with van der Waals surface area (Å²) in [7, 11) is 0. The van der Waals surface area contributed by atoms with Crippen molar-refractivity contribution in [2.45, 2.75) is 26.7 Å². The maximum absolute atomic E-state index is 5.35. The van der Waals surface area contributed by atoms with Crippen LogP contribution in [0.1, 0.15) is 25.5 Å². The van der Waals surface area contributed by atoms with Crippen LogP contribution in [0, 0.1) is 0 Å². The van der Waals surface area contributed by atoms with Crippen LogP contribution < -0.4 is 7.71 Å². The molecule has 6 nitrogen and oxygen atoms in total. The standard InChI is InChI=1S/C34H28GeN6/c1-3-30-36-26-21-19-23-20-22-27-34-32(23)33(26)40(30)35(41(34)31(4-2)37-27)38(24-13-7-5-8-14-24)28-17-11-12-18-29(28)39(35)25-15-9-6-10-16-25/h5-22H,3-4H2,1-2H3. The zero-order valence-corrected chi connectivity index (χ0v) is 25.1. The predicted molar refractivity (Wildman–Crippen MR) is 169 cm³/mol. The van der Waals surface area contributed by atoms with E-state index in [-0.39, 0.29) is 0 Å². The van der Waals surface area contributed by atoms with Gasteiger partial charge in [0.15, 0.2) is 0 Å². The van der Waals surface area contributed by atoms with Crippen LogP contribution in [-0.4, -0.2) is 31.2 Å². The molecule has 0 amide bonds. The van der Waals surface area contributed by atoms with Crippen molar-refractivity contribution >= 4 is 69.7 Å². The van der Waals surface area contributed by atoms with Gasteiger partial charge in [-0.05, 0) is 0 Å². The number of aromatic nitrogens is 4. The third kappa shape index (κ3) is 2.73. The van der Waals surface area contributed by atoms with Gasteiger partial charge in [-0.15, -0.1) is 0 Å². The van der Waals surface area contributed by atoms with E-state index in [2.05, 4.69) is 138 Å². The fourth-order valence-electron chi connectivity index (χ4n) is 7.29. The van der Waals surface area contributed by atoms with Crippen molar-refractivity contribution in [3.05, 3.63) is 121 Å². The Labute approximate surface area is 241 Å². The van der Waals surface area contributed by atoms with Crippen molar-refractivity contribution in [2.24, 2.45) is 0 Å². The minimum atomic E-state index is -4.07. The quantitative estimate of drug-likeness (QED) is 0.196. The van der Waals surface area contributed by atoms with Crippen molar-refractivity contribution in [3.8, 4) is 0 Å². The Bertz CT molecular complexity index is 2000. The molecule has 9 rings (SSSR count). The van der Waals surface area contributed by atoms with E-state index in [1.54, 1.807) is 0 Å². The van der Waals surface area contributed by atoms with Crippen LogP contribution in [-0.2, 0) is 12.8 Å². The molecule has 0 atom stereocenters. The molecule has 0 bridgehead atoms. The fraction of sp³-hybridized carbons (Fsp3) is 0.118. The van der Waals surface area contributed by atoms with Crippen LogP contribution in [0.25, 0.3) is 32.8 Å². The topological polar surface area (TPSA) is 42.1 Å². The first-order valence-corrected chi connectivity index (χ1v) is 18.2. The zero-order chi connectivity index (χ0) is 27.3. The van der Waals surface area contributed by atoms with Crippen LogP contribution in [0.3, 0.4) is 0 Å². The van der Waals surface area contributed by atoms with Gasteiger partial charge in [-0.3, -0.25) is 0 Å². The number of aryl methyl sites for hydroxylation is 2. The monoisotopic (exact) mass is 594 g/mol. The van der Waals surface area contributed by atoms with Gasteiger partial charge in [0.25, 0.3) is 0 Å². The second-order valence-electron chi connectivity index (χ2n) is 10.8. The first-order chi connectivity index (χ1) is 20.3. The molecule has 0 saturated heterocycles. The van der Waals surface area contributed by atoms with Crippen LogP contribution in [0.2, 0.25) is 0 Å². The molecule has 0 aliphatic carbocycles. The molecule has 7 heteroatoms. The fourth-order valence-corrected chi connectivity index (χ4v) is 18.6. The Hall–Kier alpha value is -4.56. The molecule has 1 spiro atoms. The molecule has 2 aromatic heterocycles. The van der Waals surface area contributed by atoms with Crippen LogP contribution in [0.5, 0.6) is 0 Å². The number of rotatable bonds is 4. The van der Waals surface area contributed by atoms with Crippen molar-refractivity contribution in [1.82, 2.24) is 17.0 Å². The van der Waals surface area contributed by atoms with Crippen molar-refractivity contribution in [1.29, 1.82) is 0 Å². The molecule has 0 N–H and O–H groups in total. The van der Waals surface area contributed by atoms with Crippen LogP contribution >= 0.6 is 0 Å². The molecular weight excluding hydrogens is 565 g/mol. The molecule has 7 aromatic rings. The summed E-state index contributed by atoms with van der Waals surface area (Å²) in [6, 6.07) is 39.7. The van der Waals surface area contributed by atoms with Gasteiger partial charge in [-0.25, -0.2) is 0 Å². The summed E-state index contributed by atoms with van der Waals surface area (Å²) in [5.74, 6) is 2.25. The number of hydrogen-bond acceptors (Lipinski definition) is 4. The van der Waals surface area contributed by atoms with Crippen molar-refractivity contribution in [2.75, 3.05) is 7.71 Å².